The van der Waals surface area contributed by atoms with Crippen LogP contribution in [0, 0.1) is 5.92 Å². The summed E-state index contributed by atoms with van der Waals surface area (Å²) in [6, 6.07) is 0. The molecule has 0 bridgehead atoms. The number of hydrogen-bond acceptors (Lipinski definition) is 15. The highest BCUT2D eigenvalue weighted by molar-refractivity contribution is 7.47. The van der Waals surface area contributed by atoms with Crippen LogP contribution in [0.2, 0.25) is 0 Å². The molecule has 3 N–H and O–H groups in total. The zero-order valence-electron chi connectivity index (χ0n) is 61.1. The molecule has 0 aromatic carbocycles. The first-order valence-corrected chi connectivity index (χ1v) is 42.1. The van der Waals surface area contributed by atoms with Crippen molar-refractivity contribution in [1.82, 2.24) is 0 Å². The van der Waals surface area contributed by atoms with E-state index in [1.54, 1.807) is 0 Å². The second-order valence-electron chi connectivity index (χ2n) is 27.5. The Morgan fingerprint density at radius 1 is 0.287 bits per heavy atom. The number of phosphoric ester groups is 2. The third kappa shape index (κ3) is 68.6. The molecule has 0 saturated carbocycles. The smallest absolute Gasteiger partial charge is 0.462 e. The van der Waals surface area contributed by atoms with Crippen LogP contribution < -0.4 is 0 Å². The quantitative estimate of drug-likeness (QED) is 0.0222. The van der Waals surface area contributed by atoms with E-state index < -0.39 is 97.5 Å². The van der Waals surface area contributed by atoms with Crippen LogP contribution in [-0.4, -0.2) is 96.7 Å². The van der Waals surface area contributed by atoms with E-state index in [4.69, 9.17) is 37.0 Å². The number of aliphatic hydroxyl groups is 1. The van der Waals surface area contributed by atoms with Crippen LogP contribution >= 0.6 is 15.6 Å². The molecule has 5 atom stereocenters. The standard InChI is InChI=1S/C75H146O17P2/c1-6-9-12-15-18-21-23-25-26-27-28-31-36-41-46-51-56-61-75(80)92-71(65-86-73(78)59-54-49-44-39-35-32-29-30-33-38-42-47-52-57-68(4)5)67-90-94(83,84)88-63-69(76)62-87-93(81,82)89-66-70(64-85-72(77)58-53-48-43-37-20-17-14-11-8-3)91-74(79)60-55-50-45-40-34-24-22-19-16-13-10-7-2/h68-71,76H,6-67H2,1-5H3,(H,81,82)(H,83,84)/t69-,70+,71+/m0/s1. The summed E-state index contributed by atoms with van der Waals surface area (Å²) in [7, 11) is -9.91. The fourth-order valence-corrected chi connectivity index (χ4v) is 13.1. The lowest BCUT2D eigenvalue weighted by atomic mass is 10.0. The van der Waals surface area contributed by atoms with E-state index in [0.29, 0.717) is 25.7 Å². The van der Waals surface area contributed by atoms with Gasteiger partial charge in [-0.2, -0.15) is 0 Å². The summed E-state index contributed by atoms with van der Waals surface area (Å²) in [5.41, 5.74) is 0. The molecule has 0 saturated heterocycles. The van der Waals surface area contributed by atoms with Gasteiger partial charge in [-0.3, -0.25) is 37.3 Å². The Bertz CT molecular complexity index is 1810. The molecule has 0 aromatic rings. The van der Waals surface area contributed by atoms with Crippen molar-refractivity contribution < 1.29 is 80.2 Å². The Morgan fingerprint density at radius 3 is 0.723 bits per heavy atom. The maximum Gasteiger partial charge on any atom is 0.472 e. The number of phosphoric acid groups is 2. The normalized spacial score (nSPS) is 14.0. The Morgan fingerprint density at radius 2 is 0.489 bits per heavy atom. The van der Waals surface area contributed by atoms with Crippen LogP contribution in [0.4, 0.5) is 0 Å². The van der Waals surface area contributed by atoms with Gasteiger partial charge in [0.1, 0.15) is 19.3 Å². The molecule has 0 aliphatic rings. The van der Waals surface area contributed by atoms with E-state index in [1.807, 2.05) is 0 Å². The van der Waals surface area contributed by atoms with Crippen molar-refractivity contribution in [3.05, 3.63) is 0 Å². The summed E-state index contributed by atoms with van der Waals surface area (Å²) in [5.74, 6) is -1.32. The van der Waals surface area contributed by atoms with E-state index in [0.717, 1.165) is 95.8 Å². The zero-order chi connectivity index (χ0) is 69.1. The van der Waals surface area contributed by atoms with Crippen molar-refractivity contribution in [3.8, 4) is 0 Å². The van der Waals surface area contributed by atoms with Gasteiger partial charge in [-0.25, -0.2) is 9.13 Å². The van der Waals surface area contributed by atoms with Gasteiger partial charge in [0.15, 0.2) is 12.2 Å². The minimum atomic E-state index is -4.96. The molecule has 0 aliphatic carbocycles. The molecule has 19 heteroatoms. The predicted molar refractivity (Wildman–Crippen MR) is 382 cm³/mol. The van der Waals surface area contributed by atoms with Gasteiger partial charge in [0.05, 0.1) is 26.4 Å². The van der Waals surface area contributed by atoms with Crippen molar-refractivity contribution in [2.24, 2.45) is 5.92 Å². The number of hydrogen-bond donors (Lipinski definition) is 3. The molecule has 0 spiro atoms. The van der Waals surface area contributed by atoms with Crippen LogP contribution in [-0.2, 0) is 65.4 Å². The number of esters is 4. The molecule has 0 fully saturated rings. The Hall–Kier alpha value is -1.94. The van der Waals surface area contributed by atoms with Crippen LogP contribution in [0.3, 0.4) is 0 Å². The SMILES string of the molecule is CCCCCCCCCCCCCCCCCCCC(=O)O[C@H](COC(=O)CCCCCCCCCCCCCCCC(C)C)COP(=O)(O)OC[C@@H](O)COP(=O)(O)OC[C@@H](COC(=O)CCCCCCCCCCC)OC(=O)CCCCCCCCCCCCCC. The highest BCUT2D eigenvalue weighted by atomic mass is 31.2. The second kappa shape index (κ2) is 68.2. The molecule has 17 nitrogen and oxygen atoms in total. The molecule has 2 unspecified atom stereocenters. The Labute approximate surface area is 575 Å². The fourth-order valence-electron chi connectivity index (χ4n) is 11.5. The van der Waals surface area contributed by atoms with Crippen molar-refractivity contribution in [2.75, 3.05) is 39.6 Å². The van der Waals surface area contributed by atoms with E-state index in [1.165, 1.54) is 218 Å². The molecule has 94 heavy (non-hydrogen) atoms. The minimum absolute atomic E-state index is 0.108. The molecule has 0 radical (unpaired) electrons. The van der Waals surface area contributed by atoms with Gasteiger partial charge < -0.3 is 33.8 Å². The molecular weight excluding hydrogens is 1230 g/mol. The molecular formula is C75H146O17P2. The van der Waals surface area contributed by atoms with Crippen LogP contribution in [0.1, 0.15) is 394 Å². The Balaban J connectivity index is 5.23. The van der Waals surface area contributed by atoms with Gasteiger partial charge in [0, 0.05) is 25.7 Å². The monoisotopic (exact) mass is 1380 g/mol. The molecule has 0 aromatic heterocycles. The average Bonchev–Trinajstić information content (AvgIpc) is 1.37. The number of aliphatic hydroxyl groups excluding tert-OH is 1. The first-order valence-electron chi connectivity index (χ1n) is 39.1. The van der Waals surface area contributed by atoms with Gasteiger partial charge in [0.2, 0.25) is 0 Å². The number of carbonyl (C=O) groups is 4. The summed E-state index contributed by atoms with van der Waals surface area (Å²) in [6.45, 7) is 7.29. The van der Waals surface area contributed by atoms with Crippen molar-refractivity contribution in [3.63, 3.8) is 0 Å². The van der Waals surface area contributed by atoms with Crippen LogP contribution in [0.5, 0.6) is 0 Å². The Kier molecular flexibility index (Phi) is 66.8. The molecule has 0 amide bonds. The molecule has 0 aliphatic heterocycles. The van der Waals surface area contributed by atoms with Crippen LogP contribution in [0.25, 0.3) is 0 Å². The van der Waals surface area contributed by atoms with E-state index in [-0.39, 0.29) is 25.7 Å². The third-order valence-electron chi connectivity index (χ3n) is 17.5. The summed E-state index contributed by atoms with van der Waals surface area (Å²) >= 11 is 0. The summed E-state index contributed by atoms with van der Waals surface area (Å²) in [6.07, 6.45) is 56.8. The van der Waals surface area contributed by atoms with Crippen LogP contribution in [0.15, 0.2) is 0 Å². The minimum Gasteiger partial charge on any atom is -0.462 e. The lowest BCUT2D eigenvalue weighted by molar-refractivity contribution is -0.161. The zero-order valence-corrected chi connectivity index (χ0v) is 62.9. The van der Waals surface area contributed by atoms with E-state index in [9.17, 15) is 43.2 Å². The largest absolute Gasteiger partial charge is 0.472 e. The summed E-state index contributed by atoms with van der Waals surface area (Å²) in [5, 5.41) is 10.6. The molecule has 0 rings (SSSR count). The van der Waals surface area contributed by atoms with Gasteiger partial charge in [-0.05, 0) is 31.6 Å². The summed E-state index contributed by atoms with van der Waals surface area (Å²) in [4.78, 5) is 72.7. The van der Waals surface area contributed by atoms with Gasteiger partial charge in [0.25, 0.3) is 0 Å². The molecule has 558 valence electrons. The van der Waals surface area contributed by atoms with E-state index in [2.05, 4.69) is 34.6 Å². The third-order valence-corrected chi connectivity index (χ3v) is 19.4. The van der Waals surface area contributed by atoms with Gasteiger partial charge >= 0.3 is 39.5 Å². The maximum absolute atomic E-state index is 13.1. The maximum atomic E-state index is 13.1. The summed E-state index contributed by atoms with van der Waals surface area (Å²) < 4.78 is 68.5. The number of unbranched alkanes of at least 4 members (excludes halogenated alkanes) is 47. The lowest BCUT2D eigenvalue weighted by Gasteiger charge is -2.21. The van der Waals surface area contributed by atoms with Gasteiger partial charge in [-0.15, -0.1) is 0 Å². The van der Waals surface area contributed by atoms with Crippen molar-refractivity contribution in [2.45, 2.75) is 412 Å². The van der Waals surface area contributed by atoms with Crippen molar-refractivity contribution >= 4 is 39.5 Å². The number of ether oxygens (including phenoxy) is 4. The van der Waals surface area contributed by atoms with Gasteiger partial charge in [-0.1, -0.05) is 343 Å². The first-order chi connectivity index (χ1) is 45.5. The number of carbonyl (C=O) groups excluding carboxylic acids is 4. The van der Waals surface area contributed by atoms with Crippen molar-refractivity contribution in [1.29, 1.82) is 0 Å². The average molecular weight is 1380 g/mol. The topological polar surface area (TPSA) is 237 Å². The fraction of sp³-hybridized carbons (Fsp3) is 0.947. The highest BCUT2D eigenvalue weighted by Gasteiger charge is 2.30. The highest BCUT2D eigenvalue weighted by Crippen LogP contribution is 2.45. The number of rotatable bonds is 75. The predicted octanol–water partition coefficient (Wildman–Crippen LogP) is 22.1. The lowest BCUT2D eigenvalue weighted by Crippen LogP contribution is -2.30. The second-order valence-corrected chi connectivity index (χ2v) is 30.4. The molecule has 0 heterocycles. The first kappa shape index (κ1) is 92.1. The van der Waals surface area contributed by atoms with E-state index >= 15 is 0 Å².